The third-order valence-electron chi connectivity index (χ3n) is 1.95. The lowest BCUT2D eigenvalue weighted by molar-refractivity contribution is 0.627. The van der Waals surface area contributed by atoms with Crippen molar-refractivity contribution in [2.45, 2.75) is 6.42 Å². The molecule has 4 heteroatoms. The SMILES string of the molecule is Fc1c(Cl)cc2c(c1Cl)CCN2. The normalized spacial score (nSPS) is 14.2. The van der Waals surface area contributed by atoms with Crippen LogP contribution in [0.1, 0.15) is 5.56 Å². The zero-order chi connectivity index (χ0) is 8.72. The van der Waals surface area contributed by atoms with E-state index in [9.17, 15) is 4.39 Å². The van der Waals surface area contributed by atoms with Crippen LogP contribution in [0.3, 0.4) is 0 Å². The van der Waals surface area contributed by atoms with Gasteiger partial charge in [-0.05, 0) is 18.1 Å². The van der Waals surface area contributed by atoms with Crippen molar-refractivity contribution in [3.8, 4) is 0 Å². The van der Waals surface area contributed by atoms with Gasteiger partial charge in [-0.2, -0.15) is 0 Å². The van der Waals surface area contributed by atoms with Crippen LogP contribution in [0.4, 0.5) is 10.1 Å². The van der Waals surface area contributed by atoms with Gasteiger partial charge < -0.3 is 5.32 Å². The molecule has 0 spiro atoms. The molecule has 0 radical (unpaired) electrons. The Hall–Kier alpha value is -0.470. The van der Waals surface area contributed by atoms with E-state index in [2.05, 4.69) is 5.32 Å². The second-order valence-electron chi connectivity index (χ2n) is 2.69. The average Bonchev–Trinajstić information content (AvgIpc) is 2.48. The molecule has 0 bridgehead atoms. The Bertz CT molecular complexity index is 338. The third kappa shape index (κ3) is 1.06. The van der Waals surface area contributed by atoms with Gasteiger partial charge in [0.15, 0.2) is 5.82 Å². The van der Waals surface area contributed by atoms with Gasteiger partial charge in [-0.15, -0.1) is 0 Å². The molecule has 1 aliphatic heterocycles. The Morgan fingerprint density at radius 1 is 1.42 bits per heavy atom. The Labute approximate surface area is 79.5 Å². The van der Waals surface area contributed by atoms with E-state index in [1.165, 1.54) is 0 Å². The number of nitrogens with one attached hydrogen (secondary N) is 1. The van der Waals surface area contributed by atoms with E-state index in [4.69, 9.17) is 23.2 Å². The van der Waals surface area contributed by atoms with E-state index < -0.39 is 5.82 Å². The lowest BCUT2D eigenvalue weighted by Gasteiger charge is -2.04. The lowest BCUT2D eigenvalue weighted by Crippen LogP contribution is -1.90. The third-order valence-corrected chi connectivity index (χ3v) is 2.62. The van der Waals surface area contributed by atoms with Crippen LogP contribution in [0, 0.1) is 5.82 Å². The summed E-state index contributed by atoms with van der Waals surface area (Å²) in [5.41, 5.74) is 1.69. The van der Waals surface area contributed by atoms with E-state index in [-0.39, 0.29) is 10.0 Å². The van der Waals surface area contributed by atoms with Gasteiger partial charge in [0.2, 0.25) is 0 Å². The van der Waals surface area contributed by atoms with E-state index >= 15 is 0 Å². The highest BCUT2D eigenvalue weighted by Crippen LogP contribution is 2.35. The zero-order valence-electron chi connectivity index (χ0n) is 6.13. The second-order valence-corrected chi connectivity index (χ2v) is 3.47. The molecule has 0 unspecified atom stereocenters. The van der Waals surface area contributed by atoms with E-state index in [0.717, 1.165) is 24.2 Å². The summed E-state index contributed by atoms with van der Waals surface area (Å²) in [7, 11) is 0. The van der Waals surface area contributed by atoms with Gasteiger partial charge in [-0.1, -0.05) is 23.2 Å². The van der Waals surface area contributed by atoms with Crippen LogP contribution >= 0.6 is 23.2 Å². The highest BCUT2D eigenvalue weighted by atomic mass is 35.5. The Morgan fingerprint density at radius 2 is 2.17 bits per heavy atom. The second kappa shape index (κ2) is 2.79. The summed E-state index contributed by atoms with van der Waals surface area (Å²) < 4.78 is 13.1. The Morgan fingerprint density at radius 3 is 2.92 bits per heavy atom. The highest BCUT2D eigenvalue weighted by molar-refractivity contribution is 6.36. The molecule has 1 aliphatic rings. The molecule has 1 N–H and O–H groups in total. The van der Waals surface area contributed by atoms with Gasteiger partial charge in [-0.3, -0.25) is 0 Å². The van der Waals surface area contributed by atoms with Crippen molar-refractivity contribution < 1.29 is 4.39 Å². The minimum atomic E-state index is -0.513. The Kier molecular flexibility index (Phi) is 1.89. The van der Waals surface area contributed by atoms with Crippen LogP contribution in [-0.2, 0) is 6.42 Å². The van der Waals surface area contributed by atoms with Crippen LogP contribution in [-0.4, -0.2) is 6.54 Å². The average molecular weight is 206 g/mol. The van der Waals surface area contributed by atoms with Gasteiger partial charge in [-0.25, -0.2) is 4.39 Å². The molecular weight excluding hydrogens is 200 g/mol. The molecule has 0 saturated heterocycles. The molecule has 0 amide bonds. The summed E-state index contributed by atoms with van der Waals surface area (Å²) in [6.45, 7) is 0.800. The van der Waals surface area contributed by atoms with Crippen molar-refractivity contribution in [1.82, 2.24) is 0 Å². The van der Waals surface area contributed by atoms with Gasteiger partial charge in [0.05, 0.1) is 10.0 Å². The summed E-state index contributed by atoms with van der Waals surface area (Å²) in [6, 6.07) is 1.57. The van der Waals surface area contributed by atoms with Crippen molar-refractivity contribution in [2.24, 2.45) is 0 Å². The first-order valence-electron chi connectivity index (χ1n) is 3.60. The molecule has 0 aromatic heterocycles. The number of benzene rings is 1. The van der Waals surface area contributed by atoms with E-state index in [1.54, 1.807) is 6.07 Å². The number of fused-ring (bicyclic) bond motifs is 1. The van der Waals surface area contributed by atoms with Crippen LogP contribution < -0.4 is 5.32 Å². The lowest BCUT2D eigenvalue weighted by atomic mass is 10.1. The summed E-state index contributed by atoms with van der Waals surface area (Å²) in [5, 5.41) is 3.31. The molecular formula is C8H6Cl2FN. The number of halogens is 3. The maximum atomic E-state index is 13.1. The van der Waals surface area contributed by atoms with Crippen LogP contribution in [0.2, 0.25) is 10.0 Å². The predicted octanol–water partition coefficient (Wildman–Crippen LogP) is 3.10. The molecule has 1 nitrogen and oxygen atoms in total. The van der Waals surface area contributed by atoms with Gasteiger partial charge in [0.25, 0.3) is 0 Å². The fourth-order valence-electron chi connectivity index (χ4n) is 1.36. The monoisotopic (exact) mass is 205 g/mol. The first kappa shape index (κ1) is 8.14. The standard InChI is InChI=1S/C8H6Cl2FN/c9-5-3-6-4(1-2-12-6)7(10)8(5)11/h3,12H,1-2H2. The summed E-state index contributed by atoms with van der Waals surface area (Å²) >= 11 is 11.3. The largest absolute Gasteiger partial charge is 0.384 e. The van der Waals surface area contributed by atoms with Crippen LogP contribution in [0.15, 0.2) is 6.07 Å². The van der Waals surface area contributed by atoms with E-state index in [1.807, 2.05) is 0 Å². The molecule has 0 saturated carbocycles. The van der Waals surface area contributed by atoms with Crippen LogP contribution in [0.5, 0.6) is 0 Å². The maximum Gasteiger partial charge on any atom is 0.160 e. The molecule has 0 aliphatic carbocycles. The first-order valence-corrected chi connectivity index (χ1v) is 4.36. The minimum Gasteiger partial charge on any atom is -0.384 e. The van der Waals surface area contributed by atoms with Gasteiger partial charge in [0.1, 0.15) is 0 Å². The molecule has 1 aromatic carbocycles. The van der Waals surface area contributed by atoms with Gasteiger partial charge >= 0.3 is 0 Å². The fourth-order valence-corrected chi connectivity index (χ4v) is 1.91. The number of anilines is 1. The molecule has 12 heavy (non-hydrogen) atoms. The highest BCUT2D eigenvalue weighted by Gasteiger charge is 2.19. The molecule has 0 atom stereocenters. The molecule has 1 aromatic rings. The van der Waals surface area contributed by atoms with Gasteiger partial charge in [0, 0.05) is 12.2 Å². The number of rotatable bonds is 0. The van der Waals surface area contributed by atoms with Crippen molar-refractivity contribution >= 4 is 28.9 Å². The summed E-state index contributed by atoms with van der Waals surface area (Å²) in [5.74, 6) is -0.513. The minimum absolute atomic E-state index is 0.0770. The predicted molar refractivity (Wildman–Crippen MR) is 48.6 cm³/mol. The topological polar surface area (TPSA) is 12.0 Å². The zero-order valence-corrected chi connectivity index (χ0v) is 7.64. The number of hydrogen-bond acceptors (Lipinski definition) is 1. The smallest absolute Gasteiger partial charge is 0.160 e. The van der Waals surface area contributed by atoms with Crippen molar-refractivity contribution in [1.29, 1.82) is 0 Å². The Balaban J connectivity index is 2.67. The van der Waals surface area contributed by atoms with Crippen molar-refractivity contribution in [2.75, 3.05) is 11.9 Å². The fraction of sp³-hybridized carbons (Fsp3) is 0.250. The molecule has 2 rings (SSSR count). The summed E-state index contributed by atoms with van der Waals surface area (Å²) in [6.07, 6.45) is 0.766. The maximum absolute atomic E-state index is 13.1. The van der Waals surface area contributed by atoms with E-state index in [0.29, 0.717) is 0 Å². The first-order chi connectivity index (χ1) is 5.70. The summed E-state index contributed by atoms with van der Waals surface area (Å²) in [4.78, 5) is 0. The quantitative estimate of drug-likeness (QED) is 0.643. The molecule has 1 heterocycles. The molecule has 64 valence electrons. The van der Waals surface area contributed by atoms with Crippen molar-refractivity contribution in [3.05, 3.63) is 27.5 Å². The number of hydrogen-bond donors (Lipinski definition) is 1. The molecule has 0 fully saturated rings. The van der Waals surface area contributed by atoms with Crippen LogP contribution in [0.25, 0.3) is 0 Å². The van der Waals surface area contributed by atoms with Crippen molar-refractivity contribution in [3.63, 3.8) is 0 Å².